The number of benzene rings is 3. The predicted molar refractivity (Wildman–Crippen MR) is 131 cm³/mol. The van der Waals surface area contributed by atoms with Crippen molar-refractivity contribution >= 4 is 22.6 Å². The molecule has 4 rings (SSSR count). The summed E-state index contributed by atoms with van der Waals surface area (Å²) in [7, 11) is 0. The van der Waals surface area contributed by atoms with Gasteiger partial charge < -0.3 is 13.9 Å². The quantitative estimate of drug-likeness (QED) is 0.119. The Balaban J connectivity index is 1.73. The molecule has 3 aromatic carbocycles. The third-order valence-corrected chi connectivity index (χ3v) is 5.55. The van der Waals surface area contributed by atoms with Crippen LogP contribution in [0, 0.1) is 10.1 Å². The van der Waals surface area contributed by atoms with E-state index >= 15 is 0 Å². The second-order valence-electron chi connectivity index (χ2n) is 9.29. The number of hydrogen-bond acceptors (Lipinski definition) is 7. The van der Waals surface area contributed by atoms with E-state index in [4.69, 9.17) is 13.9 Å². The molecule has 0 saturated heterocycles. The zero-order valence-electron chi connectivity index (χ0n) is 20.3. The summed E-state index contributed by atoms with van der Waals surface area (Å²) in [5, 5.41) is 10.9. The SMILES string of the molecule is CC(C)(C)c1ccc(Oc2c(C(F)(F)F)oc3cc(OC(=O)c4ccccc4[N+](=O)[O-])ccc3c2=O)cc1. The first-order chi connectivity index (χ1) is 17.8. The van der Waals surface area contributed by atoms with E-state index < -0.39 is 45.3 Å². The maximum absolute atomic E-state index is 13.9. The standard InChI is InChI=1S/C27H20F3NO7/c1-26(2,3)15-8-10-16(11-9-15)36-23-22(32)19-13-12-17(14-21(19)38-24(23)27(28,29)30)37-25(33)18-6-4-5-7-20(18)31(34)35/h4-14H,1-3H3. The lowest BCUT2D eigenvalue weighted by Gasteiger charge is -2.19. The average Bonchev–Trinajstić information content (AvgIpc) is 2.84. The summed E-state index contributed by atoms with van der Waals surface area (Å²) in [6, 6.07) is 14.5. The summed E-state index contributed by atoms with van der Waals surface area (Å²) < 4.78 is 57.1. The summed E-state index contributed by atoms with van der Waals surface area (Å²) >= 11 is 0. The summed E-state index contributed by atoms with van der Waals surface area (Å²) in [5.74, 6) is -4.11. The van der Waals surface area contributed by atoms with E-state index in [1.54, 1.807) is 12.1 Å². The number of halogens is 3. The van der Waals surface area contributed by atoms with Crippen LogP contribution in [-0.4, -0.2) is 10.9 Å². The monoisotopic (exact) mass is 527 g/mol. The lowest BCUT2D eigenvalue weighted by Crippen LogP contribution is -2.16. The van der Waals surface area contributed by atoms with Gasteiger partial charge in [0, 0.05) is 12.1 Å². The highest BCUT2D eigenvalue weighted by Crippen LogP contribution is 2.39. The number of alkyl halides is 3. The molecule has 0 aliphatic rings. The molecule has 0 aliphatic carbocycles. The van der Waals surface area contributed by atoms with Crippen LogP contribution in [0.25, 0.3) is 11.0 Å². The van der Waals surface area contributed by atoms with Gasteiger partial charge in [0.15, 0.2) is 0 Å². The number of nitro groups is 1. The summed E-state index contributed by atoms with van der Waals surface area (Å²) in [4.78, 5) is 35.9. The van der Waals surface area contributed by atoms with Gasteiger partial charge in [0.05, 0.1) is 10.3 Å². The van der Waals surface area contributed by atoms with Gasteiger partial charge in [-0.25, -0.2) is 4.79 Å². The molecule has 1 aromatic heterocycles. The minimum absolute atomic E-state index is 0.00477. The van der Waals surface area contributed by atoms with Gasteiger partial charge in [0.25, 0.3) is 11.4 Å². The number of carbonyl (C=O) groups excluding carboxylic acids is 1. The molecular weight excluding hydrogens is 507 g/mol. The predicted octanol–water partition coefficient (Wildman–Crippen LogP) is 7.03. The Morgan fingerprint density at radius 3 is 2.18 bits per heavy atom. The molecule has 4 aromatic rings. The van der Waals surface area contributed by atoms with E-state index in [9.17, 15) is 32.9 Å². The van der Waals surface area contributed by atoms with E-state index in [1.165, 1.54) is 30.3 Å². The van der Waals surface area contributed by atoms with Crippen molar-refractivity contribution in [3.05, 3.63) is 104 Å². The summed E-state index contributed by atoms with van der Waals surface area (Å²) in [5.41, 5.74) is -1.78. The molecule has 0 amide bonds. The molecule has 196 valence electrons. The van der Waals surface area contributed by atoms with Crippen LogP contribution in [0.15, 0.2) is 75.9 Å². The van der Waals surface area contributed by atoms with Crippen molar-refractivity contribution in [2.24, 2.45) is 0 Å². The molecule has 0 unspecified atom stereocenters. The van der Waals surface area contributed by atoms with Gasteiger partial charge in [-0.2, -0.15) is 13.2 Å². The largest absolute Gasteiger partial charge is 0.453 e. The molecule has 0 spiro atoms. The Bertz CT molecular complexity index is 1600. The van der Waals surface area contributed by atoms with Crippen molar-refractivity contribution in [3.8, 4) is 17.2 Å². The Hall–Kier alpha value is -4.67. The molecule has 11 heteroatoms. The molecule has 0 N–H and O–H groups in total. The van der Waals surface area contributed by atoms with Crippen LogP contribution < -0.4 is 14.9 Å². The third kappa shape index (κ3) is 5.36. The molecule has 0 atom stereocenters. The fraction of sp³-hybridized carbons (Fsp3) is 0.185. The fourth-order valence-corrected chi connectivity index (χ4v) is 3.61. The minimum Gasteiger partial charge on any atom is -0.449 e. The van der Waals surface area contributed by atoms with Crippen LogP contribution in [0.3, 0.4) is 0 Å². The molecule has 38 heavy (non-hydrogen) atoms. The Kier molecular flexibility index (Phi) is 6.71. The average molecular weight is 527 g/mol. The first kappa shape index (κ1) is 26.4. The number of ether oxygens (including phenoxy) is 2. The maximum Gasteiger partial charge on any atom is 0.453 e. The van der Waals surface area contributed by atoms with Gasteiger partial charge in [0.2, 0.25) is 11.2 Å². The maximum atomic E-state index is 13.9. The van der Waals surface area contributed by atoms with Gasteiger partial charge in [-0.05, 0) is 41.3 Å². The van der Waals surface area contributed by atoms with Gasteiger partial charge in [0.1, 0.15) is 22.6 Å². The lowest BCUT2D eigenvalue weighted by atomic mass is 9.87. The molecule has 1 heterocycles. The Labute approximate surface area is 213 Å². The molecule has 0 saturated carbocycles. The summed E-state index contributed by atoms with van der Waals surface area (Å²) in [6.45, 7) is 5.90. The summed E-state index contributed by atoms with van der Waals surface area (Å²) in [6.07, 6.45) is -5.09. The van der Waals surface area contributed by atoms with E-state index in [0.717, 1.165) is 29.8 Å². The van der Waals surface area contributed by atoms with Crippen molar-refractivity contribution in [2.75, 3.05) is 0 Å². The van der Waals surface area contributed by atoms with Gasteiger partial charge in [-0.3, -0.25) is 14.9 Å². The number of fused-ring (bicyclic) bond motifs is 1. The highest BCUT2D eigenvalue weighted by atomic mass is 19.4. The second kappa shape index (κ2) is 9.66. The van der Waals surface area contributed by atoms with Crippen molar-refractivity contribution < 1.29 is 36.8 Å². The molecule has 0 bridgehead atoms. The van der Waals surface area contributed by atoms with Crippen molar-refractivity contribution in [1.29, 1.82) is 0 Å². The second-order valence-corrected chi connectivity index (χ2v) is 9.29. The van der Waals surface area contributed by atoms with Crippen LogP contribution in [0.5, 0.6) is 17.2 Å². The van der Waals surface area contributed by atoms with Crippen LogP contribution in [0.1, 0.15) is 42.5 Å². The van der Waals surface area contributed by atoms with Gasteiger partial charge in [-0.15, -0.1) is 0 Å². The van der Waals surface area contributed by atoms with E-state index in [1.807, 2.05) is 20.8 Å². The number of esters is 1. The van der Waals surface area contributed by atoms with Crippen LogP contribution in [0.2, 0.25) is 0 Å². The van der Waals surface area contributed by atoms with Crippen LogP contribution in [-0.2, 0) is 11.6 Å². The normalized spacial score (nSPS) is 11.8. The smallest absolute Gasteiger partial charge is 0.449 e. The van der Waals surface area contributed by atoms with E-state index in [2.05, 4.69) is 0 Å². The van der Waals surface area contributed by atoms with E-state index in [0.29, 0.717) is 0 Å². The highest BCUT2D eigenvalue weighted by molar-refractivity contribution is 5.95. The first-order valence-corrected chi connectivity index (χ1v) is 11.2. The molecule has 0 fully saturated rings. The van der Waals surface area contributed by atoms with Crippen molar-refractivity contribution in [3.63, 3.8) is 0 Å². The number of hydrogen-bond donors (Lipinski definition) is 0. The number of carbonyl (C=O) groups is 1. The number of rotatable bonds is 5. The molecule has 0 aliphatic heterocycles. The number of para-hydroxylation sites is 1. The van der Waals surface area contributed by atoms with Gasteiger partial charge in [-0.1, -0.05) is 45.0 Å². The Morgan fingerprint density at radius 2 is 1.58 bits per heavy atom. The van der Waals surface area contributed by atoms with E-state index in [-0.39, 0.29) is 27.9 Å². The van der Waals surface area contributed by atoms with Crippen molar-refractivity contribution in [2.45, 2.75) is 32.4 Å². The first-order valence-electron chi connectivity index (χ1n) is 11.2. The highest BCUT2D eigenvalue weighted by Gasteiger charge is 2.40. The number of nitro benzene ring substituents is 1. The van der Waals surface area contributed by atoms with Crippen LogP contribution in [0.4, 0.5) is 18.9 Å². The molecular formula is C27H20F3NO7. The zero-order chi connectivity index (χ0) is 27.8. The minimum atomic E-state index is -5.09. The third-order valence-electron chi connectivity index (χ3n) is 5.55. The Morgan fingerprint density at radius 1 is 0.947 bits per heavy atom. The fourth-order valence-electron chi connectivity index (χ4n) is 3.61. The lowest BCUT2D eigenvalue weighted by molar-refractivity contribution is -0.385. The van der Waals surface area contributed by atoms with Crippen LogP contribution >= 0.6 is 0 Å². The molecule has 0 radical (unpaired) electrons. The zero-order valence-corrected chi connectivity index (χ0v) is 20.3. The topological polar surface area (TPSA) is 109 Å². The van der Waals surface area contributed by atoms with Gasteiger partial charge >= 0.3 is 12.1 Å². The van der Waals surface area contributed by atoms with Crippen molar-refractivity contribution in [1.82, 2.24) is 0 Å². The molecule has 8 nitrogen and oxygen atoms in total. The number of nitrogens with zero attached hydrogens (tertiary/aromatic N) is 1.